The summed E-state index contributed by atoms with van der Waals surface area (Å²) in [7, 11) is -2.89. The fourth-order valence-electron chi connectivity index (χ4n) is 7.28. The molecule has 0 unspecified atom stereocenters. The molecule has 5 aromatic carbocycles. The maximum atomic E-state index is 11.8. The number of rotatable bonds is 14. The van der Waals surface area contributed by atoms with Gasteiger partial charge in [-0.15, -0.1) is 0 Å². The lowest BCUT2D eigenvalue weighted by Gasteiger charge is -2.47. The molecule has 1 saturated heterocycles. The molecule has 1 heterocycles. The van der Waals surface area contributed by atoms with Crippen molar-refractivity contribution in [3.63, 3.8) is 0 Å². The molecule has 3 atom stereocenters. The van der Waals surface area contributed by atoms with E-state index in [0.717, 1.165) is 5.56 Å². The van der Waals surface area contributed by atoms with Gasteiger partial charge in [-0.3, -0.25) is 15.0 Å². The molecule has 7 nitrogen and oxygen atoms in total. The van der Waals surface area contributed by atoms with E-state index in [1.807, 2.05) is 42.5 Å². The van der Waals surface area contributed by atoms with E-state index in [9.17, 15) is 10.1 Å². The second-order valence-electron chi connectivity index (χ2n) is 14.3. The Bertz CT molecular complexity index is 1840. The maximum absolute atomic E-state index is 11.8. The van der Waals surface area contributed by atoms with Crippen molar-refractivity contribution in [2.45, 2.75) is 57.2 Å². The molecule has 6 rings (SSSR count). The van der Waals surface area contributed by atoms with Crippen LogP contribution in [-0.4, -0.2) is 56.1 Å². The molecule has 0 aromatic heterocycles. The van der Waals surface area contributed by atoms with Crippen LogP contribution >= 0.6 is 0 Å². The first-order valence-electron chi connectivity index (χ1n) is 18.0. The largest absolute Gasteiger partial charge is 0.405 e. The van der Waals surface area contributed by atoms with Crippen LogP contribution < -0.4 is 10.4 Å². The average Bonchev–Trinajstić information content (AvgIpc) is 3.16. The molecule has 0 amide bonds. The monoisotopic (exact) mass is 712 g/mol. The van der Waals surface area contributed by atoms with Crippen LogP contribution in [0, 0.1) is 10.1 Å². The van der Waals surface area contributed by atoms with Gasteiger partial charge in [0.1, 0.15) is 0 Å². The lowest BCUT2D eigenvalue weighted by Crippen LogP contribution is -2.68. The zero-order valence-electron chi connectivity index (χ0n) is 30.2. The molecule has 1 aliphatic heterocycles. The maximum Gasteiger partial charge on any atom is 0.276 e. The summed E-state index contributed by atoms with van der Waals surface area (Å²) >= 11 is 0. The fraction of sp³-hybridized carbons (Fsp3) is 0.273. The minimum absolute atomic E-state index is 0.0643. The van der Waals surface area contributed by atoms with Crippen LogP contribution in [0.15, 0.2) is 152 Å². The van der Waals surface area contributed by atoms with E-state index < -0.39 is 8.32 Å². The van der Waals surface area contributed by atoms with Crippen molar-refractivity contribution in [3.8, 4) is 0 Å². The predicted molar refractivity (Wildman–Crippen MR) is 211 cm³/mol. The molecule has 0 radical (unpaired) electrons. The highest BCUT2D eigenvalue weighted by Crippen LogP contribution is 2.37. The Morgan fingerprint density at radius 3 is 1.88 bits per heavy atom. The number of nitrogens with zero attached hydrogens (tertiary/aromatic N) is 2. The van der Waals surface area contributed by atoms with E-state index in [2.05, 4.69) is 123 Å². The Morgan fingerprint density at radius 2 is 1.31 bits per heavy atom. The van der Waals surface area contributed by atoms with E-state index in [4.69, 9.17) is 13.9 Å². The molecule has 52 heavy (non-hydrogen) atoms. The number of para-hydroxylation sites is 1. The van der Waals surface area contributed by atoms with Crippen molar-refractivity contribution in [2.75, 3.05) is 19.8 Å². The molecule has 1 aliphatic rings. The third kappa shape index (κ3) is 8.84. The highest BCUT2D eigenvalue weighted by molar-refractivity contribution is 6.99. The molecule has 268 valence electrons. The second kappa shape index (κ2) is 17.2. The van der Waals surface area contributed by atoms with E-state index in [-0.39, 0.29) is 33.9 Å². The number of nitro benzene ring substituents is 1. The minimum Gasteiger partial charge on any atom is -0.405 e. The molecule has 0 bridgehead atoms. The third-order valence-electron chi connectivity index (χ3n) is 9.80. The SMILES string of the molecule is CC(C)(C)[Si](OC[C@H]1O[C@H](C=Cc2ccccc2[N+](=O)[O-])CN(Cc2ccccc2)[C@@H]1COCc1ccccc1)(c1ccccc1)c1ccccc1. The lowest BCUT2D eigenvalue weighted by molar-refractivity contribution is -0.385. The Hall–Kier alpha value is -4.70. The Labute approximate surface area is 308 Å². The molecule has 5 aromatic rings. The van der Waals surface area contributed by atoms with Crippen molar-refractivity contribution in [1.29, 1.82) is 0 Å². The highest BCUT2D eigenvalue weighted by atomic mass is 28.4. The number of hydrogen-bond acceptors (Lipinski definition) is 6. The highest BCUT2D eigenvalue weighted by Gasteiger charge is 2.51. The van der Waals surface area contributed by atoms with E-state index in [1.54, 1.807) is 12.1 Å². The van der Waals surface area contributed by atoms with Gasteiger partial charge in [-0.2, -0.15) is 0 Å². The fourth-order valence-corrected chi connectivity index (χ4v) is 11.8. The molecule has 0 N–H and O–H groups in total. The van der Waals surface area contributed by atoms with Gasteiger partial charge in [-0.25, -0.2) is 0 Å². The van der Waals surface area contributed by atoms with E-state index in [0.29, 0.717) is 38.5 Å². The predicted octanol–water partition coefficient (Wildman–Crippen LogP) is 8.04. The minimum atomic E-state index is -2.89. The molecule has 0 aliphatic carbocycles. The van der Waals surface area contributed by atoms with Crippen LogP contribution in [0.4, 0.5) is 5.69 Å². The van der Waals surface area contributed by atoms with Crippen LogP contribution in [0.5, 0.6) is 0 Å². The van der Waals surface area contributed by atoms with Crippen molar-refractivity contribution in [3.05, 3.63) is 178 Å². The van der Waals surface area contributed by atoms with Crippen molar-refractivity contribution in [2.24, 2.45) is 0 Å². The molecule has 1 fully saturated rings. The number of benzene rings is 5. The summed E-state index contributed by atoms with van der Waals surface area (Å²) in [6, 6.07) is 48.6. The summed E-state index contributed by atoms with van der Waals surface area (Å²) in [5, 5.41) is 14.0. The van der Waals surface area contributed by atoms with Crippen molar-refractivity contribution < 1.29 is 18.8 Å². The first kappa shape index (κ1) is 37.1. The Balaban J connectivity index is 1.38. The van der Waals surface area contributed by atoms with Gasteiger partial charge in [0, 0.05) is 19.2 Å². The zero-order valence-corrected chi connectivity index (χ0v) is 31.2. The number of hydrogen-bond donors (Lipinski definition) is 0. The first-order chi connectivity index (χ1) is 25.2. The molecule has 0 saturated carbocycles. The quantitative estimate of drug-likeness (QED) is 0.0660. The van der Waals surface area contributed by atoms with Gasteiger partial charge in [0.25, 0.3) is 14.0 Å². The molecule has 0 spiro atoms. The summed E-state index contributed by atoms with van der Waals surface area (Å²) in [6.45, 7) is 9.38. The van der Waals surface area contributed by atoms with Gasteiger partial charge in [0.2, 0.25) is 0 Å². The van der Waals surface area contributed by atoms with E-state index in [1.165, 1.54) is 22.0 Å². The van der Waals surface area contributed by atoms with Gasteiger partial charge in [0.15, 0.2) is 0 Å². The summed E-state index contributed by atoms with van der Waals surface area (Å²) in [5.74, 6) is 0. The molecule has 8 heteroatoms. The van der Waals surface area contributed by atoms with Crippen LogP contribution in [-0.2, 0) is 27.1 Å². The first-order valence-corrected chi connectivity index (χ1v) is 19.9. The normalized spacial score (nSPS) is 18.4. The third-order valence-corrected chi connectivity index (χ3v) is 14.8. The Kier molecular flexibility index (Phi) is 12.3. The van der Waals surface area contributed by atoms with Gasteiger partial charge in [0.05, 0.1) is 48.6 Å². The Morgan fingerprint density at radius 1 is 0.769 bits per heavy atom. The van der Waals surface area contributed by atoms with Gasteiger partial charge in [-0.05, 0) is 38.7 Å². The summed E-state index contributed by atoms with van der Waals surface area (Å²) in [5.41, 5.74) is 2.90. The van der Waals surface area contributed by atoms with Crippen LogP contribution in [0.25, 0.3) is 6.08 Å². The van der Waals surface area contributed by atoms with Crippen LogP contribution in [0.3, 0.4) is 0 Å². The van der Waals surface area contributed by atoms with Gasteiger partial charge >= 0.3 is 0 Å². The number of nitro groups is 1. The number of morpholine rings is 1. The van der Waals surface area contributed by atoms with E-state index >= 15 is 0 Å². The van der Waals surface area contributed by atoms with Gasteiger partial charge < -0.3 is 13.9 Å². The summed E-state index contributed by atoms with van der Waals surface area (Å²) in [6.07, 6.45) is 3.06. The lowest BCUT2D eigenvalue weighted by atomic mass is 10.0. The molecular weight excluding hydrogens is 665 g/mol. The summed E-state index contributed by atoms with van der Waals surface area (Å²) in [4.78, 5) is 13.9. The van der Waals surface area contributed by atoms with Crippen molar-refractivity contribution >= 4 is 30.5 Å². The smallest absolute Gasteiger partial charge is 0.276 e. The summed E-state index contributed by atoms with van der Waals surface area (Å²) < 4.78 is 20.9. The number of ether oxygens (including phenoxy) is 2. The second-order valence-corrected chi connectivity index (χ2v) is 18.7. The molecular formula is C44H48N2O5Si. The zero-order chi connectivity index (χ0) is 36.4. The van der Waals surface area contributed by atoms with Gasteiger partial charge in [-0.1, -0.05) is 160 Å². The standard InChI is InChI=1S/C44H48N2O5Si/c1-44(2,3)52(39-23-12-6-13-24-39,40-25-14-7-15-26-40)50-34-43-42(33-49-32-36-20-10-5-11-21-36)45(30-35-18-8-4-9-19-35)31-38(51-43)29-28-37-22-16-17-27-41(37)46(47)48/h4-29,38,42-43H,30-34H2,1-3H3/t38-,42-,43-/m1/s1. The average molecular weight is 713 g/mol. The van der Waals surface area contributed by atoms with Crippen LogP contribution in [0.2, 0.25) is 5.04 Å². The van der Waals surface area contributed by atoms with Crippen LogP contribution in [0.1, 0.15) is 37.5 Å². The van der Waals surface area contributed by atoms with Crippen molar-refractivity contribution in [1.82, 2.24) is 4.90 Å². The topological polar surface area (TPSA) is 74.1 Å².